The Labute approximate surface area is 165 Å². The topological polar surface area (TPSA) is 113 Å². The Morgan fingerprint density at radius 1 is 1.29 bits per heavy atom. The zero-order valence-electron chi connectivity index (χ0n) is 16.4. The minimum atomic E-state index is -3.06. The highest BCUT2D eigenvalue weighted by molar-refractivity contribution is 7.91. The van der Waals surface area contributed by atoms with Crippen LogP contribution in [0, 0.1) is 0 Å². The Bertz CT molecular complexity index is 808. The molecule has 3 amide bonds. The van der Waals surface area contributed by atoms with Gasteiger partial charge in [0.25, 0.3) is 0 Å². The number of nitrogens with one attached hydrogen (secondary N) is 1. The second-order valence-corrected chi connectivity index (χ2v) is 9.84. The smallest absolute Gasteiger partial charge is 0.324 e. The zero-order valence-corrected chi connectivity index (χ0v) is 17.2. The Kier molecular flexibility index (Phi) is 6.26. The number of piperidine rings is 1. The molecule has 2 atom stereocenters. The third-order valence-corrected chi connectivity index (χ3v) is 7.19. The molecule has 0 aromatic carbocycles. The molecule has 2 aliphatic rings. The molecule has 0 spiro atoms. The Morgan fingerprint density at radius 2 is 2.00 bits per heavy atom. The van der Waals surface area contributed by atoms with Crippen LogP contribution in [-0.2, 0) is 14.6 Å². The van der Waals surface area contributed by atoms with Gasteiger partial charge in [0.2, 0.25) is 11.8 Å². The molecule has 2 unspecified atom stereocenters. The summed E-state index contributed by atoms with van der Waals surface area (Å²) in [5, 5.41) is 6.69. The fourth-order valence-corrected chi connectivity index (χ4v) is 4.74. The fraction of sp³-hybridized carbons (Fsp3) is 0.722. The van der Waals surface area contributed by atoms with Gasteiger partial charge >= 0.3 is 6.03 Å². The van der Waals surface area contributed by atoms with Crippen LogP contribution in [0.2, 0.25) is 0 Å². The van der Waals surface area contributed by atoms with Crippen molar-refractivity contribution in [3.05, 3.63) is 11.8 Å². The highest BCUT2D eigenvalue weighted by Gasteiger charge is 2.37. The predicted octanol–water partition coefficient (Wildman–Crippen LogP) is 1.83. The summed E-state index contributed by atoms with van der Waals surface area (Å²) in [5.74, 6) is 0.278. The van der Waals surface area contributed by atoms with Crippen molar-refractivity contribution in [3.63, 3.8) is 0 Å². The van der Waals surface area contributed by atoms with Crippen molar-refractivity contribution in [3.8, 4) is 0 Å². The van der Waals surface area contributed by atoms with Crippen LogP contribution in [-0.4, -0.2) is 72.5 Å². The standard InChI is InChI=1S/C18H28N4O5S/c1-3-13(2)14-12-16(27-20-14)19-18(24)22-7-5-4-6-15(22)17(23)21-8-10-28(25,26)11-9-21/h12-13,15H,3-11H2,1-2H3,(H,19,24). The number of hydrogen-bond donors (Lipinski definition) is 1. The van der Waals surface area contributed by atoms with Gasteiger partial charge in [-0.3, -0.25) is 10.1 Å². The quantitative estimate of drug-likeness (QED) is 0.807. The van der Waals surface area contributed by atoms with Crippen molar-refractivity contribution in [2.45, 2.75) is 51.5 Å². The molecule has 9 nitrogen and oxygen atoms in total. The van der Waals surface area contributed by atoms with Crippen molar-refractivity contribution >= 4 is 27.7 Å². The molecule has 1 aromatic rings. The highest BCUT2D eigenvalue weighted by atomic mass is 32.2. The Morgan fingerprint density at radius 3 is 2.68 bits per heavy atom. The van der Waals surface area contributed by atoms with Crippen LogP contribution in [0.15, 0.2) is 10.6 Å². The molecule has 1 aromatic heterocycles. The molecule has 0 bridgehead atoms. The van der Waals surface area contributed by atoms with Crippen molar-refractivity contribution in [1.29, 1.82) is 0 Å². The molecule has 156 valence electrons. The van der Waals surface area contributed by atoms with Crippen LogP contribution in [0.25, 0.3) is 0 Å². The van der Waals surface area contributed by atoms with E-state index in [1.165, 1.54) is 4.90 Å². The number of urea groups is 1. The average molecular weight is 413 g/mol. The monoisotopic (exact) mass is 412 g/mol. The van der Waals surface area contributed by atoms with E-state index in [-0.39, 0.29) is 42.3 Å². The summed E-state index contributed by atoms with van der Waals surface area (Å²) in [4.78, 5) is 28.8. The zero-order chi connectivity index (χ0) is 20.3. The van der Waals surface area contributed by atoms with E-state index in [9.17, 15) is 18.0 Å². The predicted molar refractivity (Wildman–Crippen MR) is 104 cm³/mol. The van der Waals surface area contributed by atoms with Crippen LogP contribution < -0.4 is 5.32 Å². The van der Waals surface area contributed by atoms with Crippen molar-refractivity contribution in [2.24, 2.45) is 0 Å². The minimum absolute atomic E-state index is 0.0197. The summed E-state index contributed by atoms with van der Waals surface area (Å²) in [6, 6.07) is 0.739. The number of likely N-dealkylation sites (tertiary alicyclic amines) is 1. The van der Waals surface area contributed by atoms with Crippen molar-refractivity contribution in [1.82, 2.24) is 15.0 Å². The van der Waals surface area contributed by atoms with Gasteiger partial charge in [0.05, 0.1) is 17.2 Å². The van der Waals surface area contributed by atoms with E-state index < -0.39 is 21.9 Å². The lowest BCUT2D eigenvalue weighted by Gasteiger charge is -2.38. The third-order valence-electron chi connectivity index (χ3n) is 5.58. The van der Waals surface area contributed by atoms with Crippen molar-refractivity contribution < 1.29 is 22.5 Å². The molecule has 0 radical (unpaired) electrons. The van der Waals surface area contributed by atoms with Gasteiger partial charge in [0.1, 0.15) is 6.04 Å². The van der Waals surface area contributed by atoms with Crippen LogP contribution in [0.3, 0.4) is 0 Å². The number of sulfone groups is 1. The third kappa shape index (κ3) is 4.65. The first kappa shape index (κ1) is 20.6. The van der Waals surface area contributed by atoms with Gasteiger partial charge in [-0.2, -0.15) is 0 Å². The van der Waals surface area contributed by atoms with Gasteiger partial charge < -0.3 is 14.3 Å². The number of anilines is 1. The lowest BCUT2D eigenvalue weighted by molar-refractivity contribution is -0.136. The van der Waals surface area contributed by atoms with Crippen LogP contribution >= 0.6 is 0 Å². The molecule has 2 fully saturated rings. The van der Waals surface area contributed by atoms with Gasteiger partial charge in [-0.05, 0) is 25.7 Å². The number of carbonyl (C=O) groups excluding carboxylic acids is 2. The maximum atomic E-state index is 12.9. The van der Waals surface area contributed by atoms with E-state index in [4.69, 9.17) is 4.52 Å². The largest absolute Gasteiger partial charge is 0.339 e. The summed E-state index contributed by atoms with van der Waals surface area (Å²) in [6.07, 6.45) is 3.16. The van der Waals surface area contributed by atoms with Crippen molar-refractivity contribution in [2.75, 3.05) is 36.5 Å². The summed E-state index contributed by atoms with van der Waals surface area (Å²) in [7, 11) is -3.06. The molecular formula is C18H28N4O5S. The number of hydrogen-bond acceptors (Lipinski definition) is 6. The van der Waals surface area contributed by atoms with Crippen LogP contribution in [0.1, 0.15) is 51.1 Å². The summed E-state index contributed by atoms with van der Waals surface area (Å²) in [6.45, 7) is 4.93. The second-order valence-electron chi connectivity index (χ2n) is 7.54. The molecule has 0 saturated carbocycles. The number of rotatable bonds is 4. The lowest BCUT2D eigenvalue weighted by Crippen LogP contribution is -2.56. The first-order chi connectivity index (χ1) is 13.3. The van der Waals surface area contributed by atoms with Gasteiger partial charge in [0.15, 0.2) is 9.84 Å². The van der Waals surface area contributed by atoms with Gasteiger partial charge in [-0.15, -0.1) is 0 Å². The number of carbonyl (C=O) groups is 2. The van der Waals surface area contributed by atoms with Crippen LogP contribution in [0.4, 0.5) is 10.7 Å². The summed E-state index contributed by atoms with van der Waals surface area (Å²) < 4.78 is 28.4. The first-order valence-electron chi connectivity index (χ1n) is 9.84. The molecule has 10 heteroatoms. The second kappa shape index (κ2) is 8.50. The fourth-order valence-electron chi connectivity index (χ4n) is 3.54. The molecule has 2 saturated heterocycles. The van der Waals surface area contributed by atoms with E-state index in [1.807, 2.05) is 13.8 Å². The van der Waals surface area contributed by atoms with E-state index >= 15 is 0 Å². The lowest BCUT2D eigenvalue weighted by atomic mass is 10.0. The summed E-state index contributed by atoms with van der Waals surface area (Å²) in [5.41, 5.74) is 0.776. The van der Waals surface area contributed by atoms with Crippen LogP contribution in [0.5, 0.6) is 0 Å². The molecule has 3 heterocycles. The number of amides is 3. The van der Waals surface area contributed by atoms with E-state index in [2.05, 4.69) is 10.5 Å². The molecule has 3 rings (SSSR count). The molecule has 1 N–H and O–H groups in total. The molecular weight excluding hydrogens is 384 g/mol. The minimum Gasteiger partial charge on any atom is -0.339 e. The van der Waals surface area contributed by atoms with Gasteiger partial charge in [-0.1, -0.05) is 19.0 Å². The molecule has 28 heavy (non-hydrogen) atoms. The average Bonchev–Trinajstić information content (AvgIpc) is 3.15. The maximum absolute atomic E-state index is 12.9. The van der Waals surface area contributed by atoms with E-state index in [1.54, 1.807) is 11.0 Å². The highest BCUT2D eigenvalue weighted by Crippen LogP contribution is 2.24. The SMILES string of the molecule is CCC(C)c1cc(NC(=O)N2CCCCC2C(=O)N2CCS(=O)(=O)CC2)on1. The van der Waals surface area contributed by atoms with Gasteiger partial charge in [-0.25, -0.2) is 13.2 Å². The number of aromatic nitrogens is 1. The van der Waals surface area contributed by atoms with Gasteiger partial charge in [0, 0.05) is 31.6 Å². The number of nitrogens with zero attached hydrogens (tertiary/aromatic N) is 3. The maximum Gasteiger partial charge on any atom is 0.324 e. The van der Waals surface area contributed by atoms with E-state index in [0.29, 0.717) is 13.0 Å². The van der Waals surface area contributed by atoms with E-state index in [0.717, 1.165) is 25.0 Å². The summed E-state index contributed by atoms with van der Waals surface area (Å²) >= 11 is 0. The first-order valence-corrected chi connectivity index (χ1v) is 11.7. The normalized spacial score (nSPS) is 23.3. The Balaban J connectivity index is 1.66. The Hall–Kier alpha value is -2.10. The molecule has 2 aliphatic heterocycles. The molecule has 0 aliphatic carbocycles.